The van der Waals surface area contributed by atoms with Gasteiger partial charge in [0.25, 0.3) is 0 Å². The van der Waals surface area contributed by atoms with E-state index in [9.17, 15) is 4.39 Å². The van der Waals surface area contributed by atoms with E-state index in [0.29, 0.717) is 6.54 Å². The Morgan fingerprint density at radius 1 is 1.05 bits per heavy atom. The predicted octanol–water partition coefficient (Wildman–Crippen LogP) is 4.21. The first-order valence-corrected chi connectivity index (χ1v) is 7.07. The van der Waals surface area contributed by atoms with Gasteiger partial charge in [0, 0.05) is 9.58 Å². The van der Waals surface area contributed by atoms with E-state index in [4.69, 9.17) is 5.73 Å². The summed E-state index contributed by atoms with van der Waals surface area (Å²) in [5, 5.41) is 0.995. The predicted molar refractivity (Wildman–Crippen MR) is 80.0 cm³/mol. The van der Waals surface area contributed by atoms with Gasteiger partial charge in [-0.3, -0.25) is 0 Å². The first kappa shape index (κ1) is 12.3. The summed E-state index contributed by atoms with van der Waals surface area (Å²) >= 11 is 1.70. The first-order chi connectivity index (χ1) is 9.29. The van der Waals surface area contributed by atoms with Crippen LogP contribution in [0.15, 0.2) is 48.5 Å². The molecule has 0 atom stereocenters. The lowest BCUT2D eigenvalue weighted by molar-refractivity contribution is 0.629. The smallest absolute Gasteiger partial charge is 0.123 e. The van der Waals surface area contributed by atoms with Crippen molar-refractivity contribution in [2.75, 3.05) is 6.54 Å². The zero-order valence-electron chi connectivity index (χ0n) is 10.4. The minimum absolute atomic E-state index is 0.191. The molecule has 0 radical (unpaired) electrons. The Labute approximate surface area is 115 Å². The Bertz CT molecular complexity index is 703. The van der Waals surface area contributed by atoms with Gasteiger partial charge in [0.1, 0.15) is 5.82 Å². The van der Waals surface area contributed by atoms with E-state index in [2.05, 4.69) is 12.1 Å². The van der Waals surface area contributed by atoms with Crippen molar-refractivity contribution in [2.24, 2.45) is 5.73 Å². The van der Waals surface area contributed by atoms with E-state index in [0.717, 1.165) is 22.1 Å². The van der Waals surface area contributed by atoms with E-state index in [1.165, 1.54) is 16.5 Å². The molecule has 3 rings (SSSR count). The lowest BCUT2D eigenvalue weighted by Gasteiger charge is -2.03. The van der Waals surface area contributed by atoms with Crippen molar-refractivity contribution in [3.8, 4) is 10.4 Å². The maximum absolute atomic E-state index is 13.4. The fraction of sp³-hybridized carbons (Fsp3) is 0.125. The van der Waals surface area contributed by atoms with Gasteiger partial charge in [0.05, 0.1) is 0 Å². The molecule has 1 nitrogen and oxygen atoms in total. The average Bonchev–Trinajstić information content (AvgIpc) is 2.79. The molecule has 0 bridgehead atoms. The highest BCUT2D eigenvalue weighted by molar-refractivity contribution is 7.22. The summed E-state index contributed by atoms with van der Waals surface area (Å²) < 4.78 is 14.6. The van der Waals surface area contributed by atoms with Crippen LogP contribution in [-0.4, -0.2) is 6.54 Å². The fourth-order valence-corrected chi connectivity index (χ4v) is 3.57. The summed E-state index contributed by atoms with van der Waals surface area (Å²) in [5.74, 6) is -0.191. The lowest BCUT2D eigenvalue weighted by atomic mass is 10.0. The highest BCUT2D eigenvalue weighted by Crippen LogP contribution is 2.39. The maximum Gasteiger partial charge on any atom is 0.123 e. The molecule has 0 unspecified atom stereocenters. The van der Waals surface area contributed by atoms with Gasteiger partial charge in [-0.1, -0.05) is 30.3 Å². The zero-order valence-corrected chi connectivity index (χ0v) is 11.2. The Kier molecular flexibility index (Phi) is 3.32. The molecule has 0 fully saturated rings. The molecule has 96 valence electrons. The summed E-state index contributed by atoms with van der Waals surface area (Å²) in [6.07, 6.45) is 0.772. The molecule has 0 amide bonds. The van der Waals surface area contributed by atoms with Gasteiger partial charge in [-0.25, -0.2) is 4.39 Å². The number of hydrogen-bond donors (Lipinski definition) is 1. The normalized spacial score (nSPS) is 11.1. The second-order valence-corrected chi connectivity index (χ2v) is 5.51. The Morgan fingerprint density at radius 3 is 2.58 bits per heavy atom. The molecule has 0 spiro atoms. The first-order valence-electron chi connectivity index (χ1n) is 6.26. The van der Waals surface area contributed by atoms with Crippen molar-refractivity contribution < 1.29 is 4.39 Å². The molecule has 3 heteroatoms. The Balaban J connectivity index is 2.26. The van der Waals surface area contributed by atoms with E-state index in [-0.39, 0.29) is 5.82 Å². The standard InChI is InChI=1S/C16H14FNS/c17-12-6-7-15-14(10-12)13(8-9-18)16(19-15)11-4-2-1-3-5-11/h1-7,10H,8-9,18H2. The molecule has 2 N–H and O–H groups in total. The Morgan fingerprint density at radius 2 is 1.84 bits per heavy atom. The third-order valence-electron chi connectivity index (χ3n) is 3.18. The van der Waals surface area contributed by atoms with Crippen LogP contribution in [0.4, 0.5) is 4.39 Å². The van der Waals surface area contributed by atoms with Crippen LogP contribution >= 0.6 is 11.3 Å². The van der Waals surface area contributed by atoms with E-state index in [1.54, 1.807) is 17.4 Å². The van der Waals surface area contributed by atoms with Gasteiger partial charge >= 0.3 is 0 Å². The summed E-state index contributed by atoms with van der Waals surface area (Å²) in [4.78, 5) is 1.20. The van der Waals surface area contributed by atoms with Gasteiger partial charge < -0.3 is 5.73 Å². The molecule has 0 aliphatic carbocycles. The van der Waals surface area contributed by atoms with Crippen LogP contribution in [-0.2, 0) is 6.42 Å². The second-order valence-electron chi connectivity index (χ2n) is 4.45. The number of hydrogen-bond acceptors (Lipinski definition) is 2. The summed E-state index contributed by atoms with van der Waals surface area (Å²) in [5.41, 5.74) is 8.04. The van der Waals surface area contributed by atoms with Crippen molar-refractivity contribution in [3.05, 3.63) is 59.9 Å². The highest BCUT2D eigenvalue weighted by atomic mass is 32.1. The molecular weight excluding hydrogens is 257 g/mol. The van der Waals surface area contributed by atoms with Gasteiger partial charge in [-0.2, -0.15) is 0 Å². The van der Waals surface area contributed by atoms with Crippen LogP contribution in [0.2, 0.25) is 0 Å². The average molecular weight is 271 g/mol. The molecule has 0 aliphatic rings. The van der Waals surface area contributed by atoms with Gasteiger partial charge in [0.2, 0.25) is 0 Å². The summed E-state index contributed by atoms with van der Waals surface area (Å²) in [6, 6.07) is 15.2. The number of halogens is 1. The molecule has 1 heterocycles. The van der Waals surface area contributed by atoms with Crippen LogP contribution in [0.25, 0.3) is 20.5 Å². The van der Waals surface area contributed by atoms with E-state index >= 15 is 0 Å². The van der Waals surface area contributed by atoms with Crippen molar-refractivity contribution in [1.82, 2.24) is 0 Å². The van der Waals surface area contributed by atoms with Crippen LogP contribution in [0, 0.1) is 5.82 Å². The fourth-order valence-electron chi connectivity index (χ4n) is 2.34. The lowest BCUT2D eigenvalue weighted by Crippen LogP contribution is -2.03. The van der Waals surface area contributed by atoms with E-state index in [1.807, 2.05) is 24.3 Å². The van der Waals surface area contributed by atoms with Gasteiger partial charge in [-0.15, -0.1) is 11.3 Å². The highest BCUT2D eigenvalue weighted by Gasteiger charge is 2.13. The molecular formula is C16H14FNS. The van der Waals surface area contributed by atoms with Crippen molar-refractivity contribution >= 4 is 21.4 Å². The Hall–Kier alpha value is -1.71. The second kappa shape index (κ2) is 5.11. The number of benzene rings is 2. The van der Waals surface area contributed by atoms with Crippen molar-refractivity contribution in [1.29, 1.82) is 0 Å². The minimum atomic E-state index is -0.191. The molecule has 2 aromatic carbocycles. The maximum atomic E-state index is 13.4. The monoisotopic (exact) mass is 271 g/mol. The largest absolute Gasteiger partial charge is 0.330 e. The van der Waals surface area contributed by atoms with Gasteiger partial charge in [-0.05, 0) is 47.7 Å². The SMILES string of the molecule is NCCc1c(-c2ccccc2)sc2ccc(F)cc12. The van der Waals surface area contributed by atoms with E-state index < -0.39 is 0 Å². The van der Waals surface area contributed by atoms with Gasteiger partial charge in [0.15, 0.2) is 0 Å². The number of nitrogens with two attached hydrogens (primary N) is 1. The van der Waals surface area contributed by atoms with Crippen LogP contribution in [0.3, 0.4) is 0 Å². The van der Waals surface area contributed by atoms with Crippen molar-refractivity contribution in [2.45, 2.75) is 6.42 Å². The molecule has 0 saturated carbocycles. The number of thiophene rings is 1. The molecule has 19 heavy (non-hydrogen) atoms. The molecule has 0 saturated heterocycles. The summed E-state index contributed by atoms with van der Waals surface area (Å²) in [6.45, 7) is 0.572. The summed E-state index contributed by atoms with van der Waals surface area (Å²) in [7, 11) is 0. The van der Waals surface area contributed by atoms with Crippen LogP contribution in [0.5, 0.6) is 0 Å². The molecule has 0 aliphatic heterocycles. The van der Waals surface area contributed by atoms with Crippen LogP contribution in [0.1, 0.15) is 5.56 Å². The zero-order chi connectivity index (χ0) is 13.2. The minimum Gasteiger partial charge on any atom is -0.330 e. The third-order valence-corrected chi connectivity index (χ3v) is 4.45. The van der Waals surface area contributed by atoms with Crippen molar-refractivity contribution in [3.63, 3.8) is 0 Å². The third kappa shape index (κ3) is 2.27. The number of rotatable bonds is 3. The molecule has 1 aromatic heterocycles. The topological polar surface area (TPSA) is 26.0 Å². The number of fused-ring (bicyclic) bond motifs is 1. The quantitative estimate of drug-likeness (QED) is 0.758. The van der Waals surface area contributed by atoms with Crippen LogP contribution < -0.4 is 5.73 Å². The molecule has 3 aromatic rings.